The molecule has 0 aromatic heterocycles. The Morgan fingerprint density at radius 3 is 2.37 bits per heavy atom. The van der Waals surface area contributed by atoms with E-state index in [0.717, 1.165) is 4.31 Å². The van der Waals surface area contributed by atoms with Gasteiger partial charge in [0.15, 0.2) is 11.5 Å². The summed E-state index contributed by atoms with van der Waals surface area (Å²) in [5.74, 6) is -0.308. The number of anilines is 1. The minimum absolute atomic E-state index is 0.00737. The van der Waals surface area contributed by atoms with Crippen LogP contribution in [0.5, 0.6) is 11.5 Å². The lowest BCUT2D eigenvalue weighted by molar-refractivity contribution is -0.385. The number of nitrogens with zero attached hydrogens (tertiary/aromatic N) is 2. The van der Waals surface area contributed by atoms with Crippen LogP contribution in [-0.2, 0) is 19.6 Å². The highest BCUT2D eigenvalue weighted by Crippen LogP contribution is 2.35. The number of hydrogen-bond donors (Lipinski definition) is 0. The monoisotopic (exact) mass is 438 g/mol. The number of carbonyl (C=O) groups excluding carboxylic acids is 1. The first-order valence-electron chi connectivity index (χ1n) is 8.81. The van der Waals surface area contributed by atoms with Crippen LogP contribution < -0.4 is 13.8 Å². The average Bonchev–Trinajstić information content (AvgIpc) is 2.71. The lowest BCUT2D eigenvalue weighted by Crippen LogP contribution is -2.37. The van der Waals surface area contributed by atoms with Crippen LogP contribution in [0.25, 0.3) is 0 Å². The number of ether oxygens (including phenoxy) is 3. The molecular formula is C19H22N2O8S. The molecule has 0 heterocycles. The maximum Gasteiger partial charge on any atom is 0.326 e. The fourth-order valence-electron chi connectivity index (χ4n) is 2.81. The molecule has 0 aliphatic rings. The van der Waals surface area contributed by atoms with Crippen LogP contribution in [0.15, 0.2) is 41.3 Å². The molecule has 30 heavy (non-hydrogen) atoms. The molecule has 10 nitrogen and oxygen atoms in total. The third-order valence-corrected chi connectivity index (χ3v) is 6.02. The van der Waals surface area contributed by atoms with E-state index in [1.807, 2.05) is 0 Å². The zero-order valence-electron chi connectivity index (χ0n) is 16.9. The molecule has 0 spiro atoms. The van der Waals surface area contributed by atoms with Crippen LogP contribution in [0.3, 0.4) is 0 Å². The third-order valence-electron chi connectivity index (χ3n) is 4.26. The van der Waals surface area contributed by atoms with Crippen molar-refractivity contribution >= 4 is 27.4 Å². The normalized spacial score (nSPS) is 10.9. The van der Waals surface area contributed by atoms with Gasteiger partial charge in [0, 0.05) is 12.1 Å². The Balaban J connectivity index is 2.67. The molecular weight excluding hydrogens is 416 g/mol. The Bertz CT molecular complexity index is 1050. The predicted molar refractivity (Wildman–Crippen MR) is 109 cm³/mol. The van der Waals surface area contributed by atoms with Crippen molar-refractivity contribution < 1.29 is 32.3 Å². The van der Waals surface area contributed by atoms with Crippen LogP contribution >= 0.6 is 0 Å². The van der Waals surface area contributed by atoms with Gasteiger partial charge >= 0.3 is 5.97 Å². The molecule has 0 N–H and O–H groups in total. The second-order valence-corrected chi connectivity index (χ2v) is 7.87. The Morgan fingerprint density at radius 1 is 1.13 bits per heavy atom. The van der Waals surface area contributed by atoms with Crippen molar-refractivity contribution in [2.45, 2.75) is 18.7 Å². The number of carbonyl (C=O) groups is 1. The molecule has 2 aromatic rings. The largest absolute Gasteiger partial charge is 0.493 e. The zero-order chi connectivity index (χ0) is 22.5. The molecule has 0 aliphatic heterocycles. The van der Waals surface area contributed by atoms with E-state index in [1.165, 1.54) is 57.5 Å². The van der Waals surface area contributed by atoms with Gasteiger partial charge in [0.1, 0.15) is 6.54 Å². The summed E-state index contributed by atoms with van der Waals surface area (Å²) in [6.45, 7) is 2.39. The number of esters is 1. The van der Waals surface area contributed by atoms with Crippen LogP contribution in [-0.4, -0.2) is 46.7 Å². The molecule has 0 amide bonds. The van der Waals surface area contributed by atoms with E-state index in [1.54, 1.807) is 6.92 Å². The van der Waals surface area contributed by atoms with Crippen LogP contribution in [0.2, 0.25) is 0 Å². The molecule has 0 radical (unpaired) electrons. The first-order valence-corrected chi connectivity index (χ1v) is 10.3. The Morgan fingerprint density at radius 2 is 1.80 bits per heavy atom. The number of rotatable bonds is 9. The maximum atomic E-state index is 13.4. The number of nitro groups is 1. The topological polar surface area (TPSA) is 125 Å². The second-order valence-electron chi connectivity index (χ2n) is 6.01. The second kappa shape index (κ2) is 9.44. The quantitative estimate of drug-likeness (QED) is 0.332. The average molecular weight is 438 g/mol. The van der Waals surface area contributed by atoms with Crippen LogP contribution in [0.1, 0.15) is 12.5 Å². The van der Waals surface area contributed by atoms with E-state index < -0.39 is 27.5 Å². The number of nitro benzene ring substituents is 1. The molecule has 0 atom stereocenters. The van der Waals surface area contributed by atoms with Gasteiger partial charge in [-0.2, -0.15) is 0 Å². The van der Waals surface area contributed by atoms with Gasteiger partial charge < -0.3 is 14.2 Å². The van der Waals surface area contributed by atoms with E-state index >= 15 is 0 Å². The fraction of sp³-hybridized carbons (Fsp3) is 0.316. The standard InChI is InChI=1S/C19H22N2O8S/c1-5-29-19(22)12-20(15-7-6-8-16(13(15)2)21(23)24)30(25,26)14-9-10-17(27-3)18(11-14)28-4/h6-11H,5,12H2,1-4H3. The van der Waals surface area contributed by atoms with Gasteiger partial charge in [-0.3, -0.25) is 19.2 Å². The molecule has 11 heteroatoms. The van der Waals surface area contributed by atoms with Crippen molar-refractivity contribution in [1.82, 2.24) is 0 Å². The summed E-state index contributed by atoms with van der Waals surface area (Å²) < 4.78 is 42.8. The molecule has 2 aromatic carbocycles. The smallest absolute Gasteiger partial charge is 0.326 e. The van der Waals surface area contributed by atoms with Gasteiger partial charge in [-0.1, -0.05) is 6.07 Å². The van der Waals surface area contributed by atoms with Crippen molar-refractivity contribution in [2.24, 2.45) is 0 Å². The zero-order valence-corrected chi connectivity index (χ0v) is 17.8. The minimum atomic E-state index is -4.32. The van der Waals surface area contributed by atoms with Crippen molar-refractivity contribution in [1.29, 1.82) is 0 Å². The van der Waals surface area contributed by atoms with Crippen molar-refractivity contribution in [3.63, 3.8) is 0 Å². The van der Waals surface area contributed by atoms with Gasteiger partial charge in [-0.05, 0) is 32.0 Å². The molecule has 162 valence electrons. The molecule has 2 rings (SSSR count). The highest BCUT2D eigenvalue weighted by molar-refractivity contribution is 7.92. The first kappa shape index (κ1) is 22.9. The summed E-state index contributed by atoms with van der Waals surface area (Å²) >= 11 is 0. The first-order chi connectivity index (χ1) is 14.2. The van der Waals surface area contributed by atoms with Gasteiger partial charge in [0.05, 0.1) is 41.9 Å². The minimum Gasteiger partial charge on any atom is -0.493 e. The van der Waals surface area contributed by atoms with Gasteiger partial charge in [0.2, 0.25) is 0 Å². The third kappa shape index (κ3) is 4.62. The molecule has 0 unspecified atom stereocenters. The molecule has 0 saturated carbocycles. The van der Waals surface area contributed by atoms with Gasteiger partial charge in [0.25, 0.3) is 15.7 Å². The Labute approximate surface area is 174 Å². The maximum absolute atomic E-state index is 13.4. The predicted octanol–water partition coefficient (Wildman–Crippen LogP) is 2.68. The number of hydrogen-bond acceptors (Lipinski definition) is 8. The van der Waals surface area contributed by atoms with Crippen LogP contribution in [0.4, 0.5) is 11.4 Å². The summed E-state index contributed by atoms with van der Waals surface area (Å²) in [5.41, 5.74) is -0.188. The SMILES string of the molecule is CCOC(=O)CN(c1cccc([N+](=O)[O-])c1C)S(=O)(=O)c1ccc(OC)c(OC)c1. The summed E-state index contributed by atoms with van der Waals surface area (Å²) in [6, 6.07) is 7.95. The number of methoxy groups -OCH3 is 2. The Hall–Kier alpha value is -3.34. The lowest BCUT2D eigenvalue weighted by Gasteiger charge is -2.25. The summed E-state index contributed by atoms with van der Waals surface area (Å²) in [4.78, 5) is 22.7. The van der Waals surface area contributed by atoms with Crippen molar-refractivity contribution in [2.75, 3.05) is 31.7 Å². The van der Waals surface area contributed by atoms with Crippen molar-refractivity contribution in [3.05, 3.63) is 52.1 Å². The van der Waals surface area contributed by atoms with Crippen LogP contribution in [0, 0.1) is 17.0 Å². The fourth-order valence-corrected chi connectivity index (χ4v) is 4.29. The molecule has 0 aliphatic carbocycles. The molecule has 0 bridgehead atoms. The van der Waals surface area contributed by atoms with E-state index in [9.17, 15) is 23.3 Å². The Kier molecular flexibility index (Phi) is 7.22. The molecule has 0 fully saturated rings. The summed E-state index contributed by atoms with van der Waals surface area (Å²) in [6.07, 6.45) is 0. The highest BCUT2D eigenvalue weighted by Gasteiger charge is 2.31. The summed E-state index contributed by atoms with van der Waals surface area (Å²) in [7, 11) is -1.55. The van der Waals surface area contributed by atoms with E-state index in [2.05, 4.69) is 0 Å². The van der Waals surface area contributed by atoms with E-state index in [-0.39, 0.29) is 34.2 Å². The van der Waals surface area contributed by atoms with E-state index in [4.69, 9.17) is 14.2 Å². The highest BCUT2D eigenvalue weighted by atomic mass is 32.2. The summed E-state index contributed by atoms with van der Waals surface area (Å²) in [5, 5.41) is 11.3. The number of benzene rings is 2. The van der Waals surface area contributed by atoms with Crippen molar-refractivity contribution in [3.8, 4) is 11.5 Å². The van der Waals surface area contributed by atoms with Gasteiger partial charge in [-0.25, -0.2) is 8.42 Å². The molecule has 0 saturated heterocycles. The van der Waals surface area contributed by atoms with Gasteiger partial charge in [-0.15, -0.1) is 0 Å². The van der Waals surface area contributed by atoms with E-state index in [0.29, 0.717) is 5.75 Å². The number of sulfonamides is 1. The lowest BCUT2D eigenvalue weighted by atomic mass is 10.1.